The van der Waals surface area contributed by atoms with Crippen molar-refractivity contribution in [3.05, 3.63) is 21.9 Å². The number of hydrogen-bond acceptors (Lipinski definition) is 4. The van der Waals surface area contributed by atoms with E-state index < -0.39 is 0 Å². The van der Waals surface area contributed by atoms with E-state index in [1.54, 1.807) is 11.3 Å². The Morgan fingerprint density at radius 3 is 3.10 bits per heavy atom. The number of aliphatic hydroxyl groups is 1. The summed E-state index contributed by atoms with van der Waals surface area (Å²) < 4.78 is 0. The number of thiophene rings is 1. The fourth-order valence-electron chi connectivity index (χ4n) is 1.84. The first-order valence-corrected chi connectivity index (χ1v) is 7.71. The Hall–Kier alpha value is -1.35. The van der Waals surface area contributed by atoms with Crippen LogP contribution in [0.5, 0.6) is 0 Å². The number of amides is 1. The van der Waals surface area contributed by atoms with Gasteiger partial charge in [-0.05, 0) is 31.3 Å². The SMILES string of the molecule is CN(CC(=O)NC1CC1)Cc1sccc1C#CCCO. The molecule has 2 N–H and O–H groups in total. The molecule has 0 bridgehead atoms. The zero-order valence-corrected chi connectivity index (χ0v) is 12.5. The number of nitrogens with zero attached hydrogens (tertiary/aromatic N) is 1. The maximum absolute atomic E-state index is 11.7. The maximum Gasteiger partial charge on any atom is 0.234 e. The molecule has 4 nitrogen and oxygen atoms in total. The summed E-state index contributed by atoms with van der Waals surface area (Å²) in [5.74, 6) is 6.10. The lowest BCUT2D eigenvalue weighted by molar-refractivity contribution is -0.122. The lowest BCUT2D eigenvalue weighted by Crippen LogP contribution is -2.35. The van der Waals surface area contributed by atoms with E-state index in [1.807, 2.05) is 23.4 Å². The monoisotopic (exact) mass is 292 g/mol. The van der Waals surface area contributed by atoms with E-state index in [0.717, 1.165) is 29.8 Å². The Morgan fingerprint density at radius 2 is 2.40 bits per heavy atom. The second kappa shape index (κ2) is 7.44. The van der Waals surface area contributed by atoms with Gasteiger partial charge in [-0.25, -0.2) is 0 Å². The van der Waals surface area contributed by atoms with Crippen LogP contribution in [0.25, 0.3) is 0 Å². The molecular formula is C15H20N2O2S. The summed E-state index contributed by atoms with van der Waals surface area (Å²) in [6, 6.07) is 2.40. The van der Waals surface area contributed by atoms with E-state index in [-0.39, 0.29) is 12.5 Å². The predicted octanol–water partition coefficient (Wildman–Crippen LogP) is 1.19. The van der Waals surface area contributed by atoms with Crippen molar-refractivity contribution in [2.45, 2.75) is 31.8 Å². The lowest BCUT2D eigenvalue weighted by Gasteiger charge is -2.15. The zero-order chi connectivity index (χ0) is 14.4. The van der Waals surface area contributed by atoms with Crippen LogP contribution in [0.2, 0.25) is 0 Å². The van der Waals surface area contributed by atoms with Gasteiger partial charge in [0.05, 0.1) is 13.2 Å². The molecule has 20 heavy (non-hydrogen) atoms. The fourth-order valence-corrected chi connectivity index (χ4v) is 2.74. The Bertz CT molecular complexity index is 511. The van der Waals surface area contributed by atoms with Crippen molar-refractivity contribution in [1.82, 2.24) is 10.2 Å². The molecule has 0 aromatic carbocycles. The number of carbonyl (C=O) groups excluding carboxylic acids is 1. The minimum absolute atomic E-state index is 0.0910. The Morgan fingerprint density at radius 1 is 1.60 bits per heavy atom. The molecule has 1 aliphatic carbocycles. The van der Waals surface area contributed by atoms with Gasteiger partial charge in [0.1, 0.15) is 0 Å². The minimum atomic E-state index is 0.0910. The summed E-state index contributed by atoms with van der Waals surface area (Å²) in [4.78, 5) is 14.9. The molecular weight excluding hydrogens is 272 g/mol. The number of likely N-dealkylation sites (N-methyl/N-ethyl adjacent to an activating group) is 1. The Kier molecular flexibility index (Phi) is 5.60. The van der Waals surface area contributed by atoms with Crippen molar-refractivity contribution in [3.63, 3.8) is 0 Å². The average Bonchev–Trinajstić information content (AvgIpc) is 3.09. The molecule has 108 valence electrons. The summed E-state index contributed by atoms with van der Waals surface area (Å²) in [7, 11) is 1.94. The van der Waals surface area contributed by atoms with Gasteiger partial charge < -0.3 is 10.4 Å². The molecule has 1 heterocycles. The predicted molar refractivity (Wildman–Crippen MR) is 80.4 cm³/mol. The first-order valence-electron chi connectivity index (χ1n) is 6.83. The van der Waals surface area contributed by atoms with Gasteiger partial charge in [-0.1, -0.05) is 11.8 Å². The van der Waals surface area contributed by atoms with Gasteiger partial charge in [0.25, 0.3) is 0 Å². The number of rotatable bonds is 6. The molecule has 5 heteroatoms. The number of hydrogen-bond donors (Lipinski definition) is 2. The van der Waals surface area contributed by atoms with E-state index in [9.17, 15) is 4.79 Å². The summed E-state index contributed by atoms with van der Waals surface area (Å²) in [6.07, 6.45) is 2.73. The molecule has 0 saturated heterocycles. The molecule has 2 rings (SSSR count). The van der Waals surface area contributed by atoms with Gasteiger partial charge in [0.15, 0.2) is 0 Å². The molecule has 0 spiro atoms. The van der Waals surface area contributed by atoms with Crippen LogP contribution < -0.4 is 5.32 Å². The largest absolute Gasteiger partial charge is 0.395 e. The summed E-state index contributed by atoms with van der Waals surface area (Å²) in [6.45, 7) is 1.23. The molecule has 1 saturated carbocycles. The highest BCUT2D eigenvalue weighted by molar-refractivity contribution is 7.10. The maximum atomic E-state index is 11.7. The van der Waals surface area contributed by atoms with E-state index in [2.05, 4.69) is 17.2 Å². The highest BCUT2D eigenvalue weighted by Gasteiger charge is 2.23. The average molecular weight is 292 g/mol. The first kappa shape index (κ1) is 15.0. The van der Waals surface area contributed by atoms with Crippen LogP contribution in [-0.2, 0) is 11.3 Å². The smallest absolute Gasteiger partial charge is 0.234 e. The van der Waals surface area contributed by atoms with Crippen LogP contribution in [0.4, 0.5) is 0 Å². The zero-order valence-electron chi connectivity index (χ0n) is 11.7. The second-order valence-electron chi connectivity index (χ2n) is 5.05. The lowest BCUT2D eigenvalue weighted by atomic mass is 10.2. The molecule has 1 aromatic heterocycles. The van der Waals surface area contributed by atoms with Gasteiger partial charge in [0, 0.05) is 29.4 Å². The summed E-state index contributed by atoms with van der Waals surface area (Å²) in [5, 5.41) is 13.7. The molecule has 0 unspecified atom stereocenters. The third kappa shape index (κ3) is 4.97. The molecule has 1 fully saturated rings. The Labute approximate surface area is 123 Å². The van der Waals surface area contributed by atoms with Gasteiger partial charge in [-0.15, -0.1) is 11.3 Å². The van der Waals surface area contributed by atoms with Gasteiger partial charge in [-0.2, -0.15) is 0 Å². The van der Waals surface area contributed by atoms with Gasteiger partial charge in [0.2, 0.25) is 5.91 Å². The van der Waals surface area contributed by atoms with Crippen molar-refractivity contribution >= 4 is 17.2 Å². The van der Waals surface area contributed by atoms with E-state index in [0.29, 0.717) is 19.0 Å². The molecule has 1 aliphatic rings. The summed E-state index contributed by atoms with van der Waals surface area (Å²) in [5.41, 5.74) is 0.998. The summed E-state index contributed by atoms with van der Waals surface area (Å²) >= 11 is 1.65. The third-order valence-corrected chi connectivity index (χ3v) is 3.88. The van der Waals surface area contributed by atoms with Crippen LogP contribution in [-0.4, -0.2) is 42.2 Å². The van der Waals surface area contributed by atoms with Crippen molar-refractivity contribution in [2.75, 3.05) is 20.2 Å². The normalized spacial score (nSPS) is 13.9. The molecule has 0 aliphatic heterocycles. The Balaban J connectivity index is 1.84. The number of nitrogens with one attached hydrogen (secondary N) is 1. The first-order chi connectivity index (χ1) is 9.69. The second-order valence-corrected chi connectivity index (χ2v) is 6.05. The van der Waals surface area contributed by atoms with Crippen LogP contribution in [0, 0.1) is 11.8 Å². The fraction of sp³-hybridized carbons (Fsp3) is 0.533. The van der Waals surface area contributed by atoms with E-state index >= 15 is 0 Å². The van der Waals surface area contributed by atoms with Gasteiger partial charge in [-0.3, -0.25) is 9.69 Å². The minimum Gasteiger partial charge on any atom is -0.395 e. The number of aliphatic hydroxyl groups excluding tert-OH is 1. The number of carbonyl (C=O) groups is 1. The van der Waals surface area contributed by atoms with Crippen LogP contribution in [0.1, 0.15) is 29.7 Å². The quantitative estimate of drug-likeness (QED) is 0.775. The van der Waals surface area contributed by atoms with Crippen LogP contribution in [0.15, 0.2) is 11.4 Å². The molecule has 1 aromatic rings. The standard InChI is InChI=1S/C15H20N2O2S/c1-17(11-15(19)16-13-5-6-13)10-14-12(7-9-20-14)4-2-3-8-18/h7,9,13,18H,3,5-6,8,10-11H2,1H3,(H,16,19). The molecule has 0 atom stereocenters. The third-order valence-electron chi connectivity index (χ3n) is 2.97. The highest BCUT2D eigenvalue weighted by atomic mass is 32.1. The van der Waals surface area contributed by atoms with Gasteiger partial charge >= 0.3 is 0 Å². The van der Waals surface area contributed by atoms with E-state index in [4.69, 9.17) is 5.11 Å². The van der Waals surface area contributed by atoms with Crippen molar-refractivity contribution in [1.29, 1.82) is 0 Å². The topological polar surface area (TPSA) is 52.6 Å². The van der Waals surface area contributed by atoms with Crippen molar-refractivity contribution < 1.29 is 9.90 Å². The van der Waals surface area contributed by atoms with E-state index in [1.165, 1.54) is 0 Å². The molecule has 0 radical (unpaired) electrons. The highest BCUT2D eigenvalue weighted by Crippen LogP contribution is 2.19. The molecule has 1 amide bonds. The van der Waals surface area contributed by atoms with Crippen molar-refractivity contribution in [3.8, 4) is 11.8 Å². The van der Waals surface area contributed by atoms with Crippen molar-refractivity contribution in [2.24, 2.45) is 0 Å². The van der Waals surface area contributed by atoms with Crippen LogP contribution in [0.3, 0.4) is 0 Å². The van der Waals surface area contributed by atoms with Crippen LogP contribution >= 0.6 is 11.3 Å².